The van der Waals surface area contributed by atoms with Crippen LogP contribution in [-0.4, -0.2) is 31.4 Å². The second-order valence-corrected chi connectivity index (χ2v) is 5.14. The van der Waals surface area contributed by atoms with Gasteiger partial charge in [-0.3, -0.25) is 4.99 Å². The van der Waals surface area contributed by atoms with Gasteiger partial charge in [0.1, 0.15) is 22.8 Å². The maximum Gasteiger partial charge on any atom is 0.339 e. The molecule has 1 aromatic carbocycles. The van der Waals surface area contributed by atoms with Crippen molar-refractivity contribution in [3.8, 4) is 5.75 Å². The van der Waals surface area contributed by atoms with Gasteiger partial charge in [0.05, 0.1) is 18.3 Å². The maximum atomic E-state index is 11.4. The van der Waals surface area contributed by atoms with Gasteiger partial charge in [0.15, 0.2) is 0 Å². The van der Waals surface area contributed by atoms with Gasteiger partial charge in [0, 0.05) is 19.0 Å². The van der Waals surface area contributed by atoms with E-state index in [1.807, 2.05) is 13.0 Å². The second-order valence-electron chi connectivity index (χ2n) is 4.73. The summed E-state index contributed by atoms with van der Waals surface area (Å²) in [6, 6.07) is 6.78. The van der Waals surface area contributed by atoms with Crippen LogP contribution >= 0.6 is 11.6 Å². The molecule has 2 aromatic rings. The molecular formula is C16H16ClNO4. The molecule has 0 aliphatic rings. The first-order valence-electron chi connectivity index (χ1n) is 6.60. The van der Waals surface area contributed by atoms with E-state index in [0.29, 0.717) is 22.3 Å². The Morgan fingerprint density at radius 2 is 2.18 bits per heavy atom. The Kier molecular flexibility index (Phi) is 4.88. The molecule has 0 spiro atoms. The molecule has 22 heavy (non-hydrogen) atoms. The quantitative estimate of drug-likeness (QED) is 0.849. The average Bonchev–Trinajstić information content (AvgIpc) is 2.91. The average molecular weight is 322 g/mol. The Hall–Kier alpha value is -2.27. The molecule has 0 aliphatic heterocycles. The van der Waals surface area contributed by atoms with Gasteiger partial charge in [0.25, 0.3) is 0 Å². The number of halogens is 1. The van der Waals surface area contributed by atoms with Crippen LogP contribution < -0.4 is 4.74 Å². The van der Waals surface area contributed by atoms with Crippen LogP contribution in [-0.2, 0) is 0 Å². The van der Waals surface area contributed by atoms with E-state index in [9.17, 15) is 9.90 Å². The van der Waals surface area contributed by atoms with Crippen molar-refractivity contribution in [1.82, 2.24) is 0 Å². The van der Waals surface area contributed by atoms with Crippen LogP contribution in [0, 0.1) is 0 Å². The summed E-state index contributed by atoms with van der Waals surface area (Å²) in [5, 5.41) is 9.79. The SMILES string of the molecule is CN=Cc1cc(C(=O)O)c(C(C)c2ccc(OC)c(Cl)c2)o1. The topological polar surface area (TPSA) is 72.0 Å². The molecule has 116 valence electrons. The molecule has 1 N–H and O–H groups in total. The van der Waals surface area contributed by atoms with Gasteiger partial charge in [-0.25, -0.2) is 4.79 Å². The highest BCUT2D eigenvalue weighted by Gasteiger charge is 2.23. The van der Waals surface area contributed by atoms with Crippen molar-refractivity contribution < 1.29 is 19.1 Å². The largest absolute Gasteiger partial charge is 0.495 e. The zero-order chi connectivity index (χ0) is 16.3. The Morgan fingerprint density at radius 3 is 2.73 bits per heavy atom. The Balaban J connectivity index is 2.46. The van der Waals surface area contributed by atoms with Crippen molar-refractivity contribution in [2.24, 2.45) is 4.99 Å². The number of benzene rings is 1. The lowest BCUT2D eigenvalue weighted by Gasteiger charge is -2.12. The summed E-state index contributed by atoms with van der Waals surface area (Å²) in [5.41, 5.74) is 0.956. The normalized spacial score (nSPS) is 12.5. The van der Waals surface area contributed by atoms with Crippen LogP contribution in [0.15, 0.2) is 33.7 Å². The lowest BCUT2D eigenvalue weighted by molar-refractivity contribution is 0.0694. The predicted octanol–water partition coefficient (Wildman–Crippen LogP) is 3.84. The van der Waals surface area contributed by atoms with Gasteiger partial charge in [-0.15, -0.1) is 0 Å². The van der Waals surface area contributed by atoms with Crippen LogP contribution in [0.4, 0.5) is 0 Å². The lowest BCUT2D eigenvalue weighted by atomic mass is 9.96. The molecule has 0 saturated carbocycles. The first-order chi connectivity index (χ1) is 10.5. The summed E-state index contributed by atoms with van der Waals surface area (Å²) < 4.78 is 10.7. The number of aliphatic imine (C=N–C) groups is 1. The minimum Gasteiger partial charge on any atom is -0.495 e. The fourth-order valence-corrected chi connectivity index (χ4v) is 2.47. The van der Waals surface area contributed by atoms with E-state index < -0.39 is 5.97 Å². The second kappa shape index (κ2) is 6.66. The number of rotatable bonds is 5. The molecule has 1 aromatic heterocycles. The first kappa shape index (κ1) is 16.1. The third kappa shape index (κ3) is 3.14. The molecule has 1 heterocycles. The van der Waals surface area contributed by atoms with Crippen molar-refractivity contribution in [1.29, 1.82) is 0 Å². The van der Waals surface area contributed by atoms with Crippen molar-refractivity contribution >= 4 is 23.8 Å². The van der Waals surface area contributed by atoms with E-state index in [1.54, 1.807) is 19.2 Å². The maximum absolute atomic E-state index is 11.4. The number of ether oxygens (including phenoxy) is 1. The van der Waals surface area contributed by atoms with E-state index in [0.717, 1.165) is 5.56 Å². The van der Waals surface area contributed by atoms with Gasteiger partial charge in [-0.1, -0.05) is 24.6 Å². The van der Waals surface area contributed by atoms with Gasteiger partial charge in [-0.05, 0) is 17.7 Å². The molecule has 0 radical (unpaired) electrons. The van der Waals surface area contributed by atoms with Gasteiger partial charge < -0.3 is 14.3 Å². The van der Waals surface area contributed by atoms with Gasteiger partial charge in [0.2, 0.25) is 0 Å². The molecule has 0 saturated heterocycles. The van der Waals surface area contributed by atoms with Crippen LogP contribution in [0.5, 0.6) is 5.75 Å². The highest BCUT2D eigenvalue weighted by atomic mass is 35.5. The molecule has 0 aliphatic carbocycles. The molecule has 6 heteroatoms. The van der Waals surface area contributed by atoms with Gasteiger partial charge in [-0.2, -0.15) is 0 Å². The summed E-state index contributed by atoms with van der Waals surface area (Å²) >= 11 is 6.13. The molecule has 0 bridgehead atoms. The first-order valence-corrected chi connectivity index (χ1v) is 6.98. The summed E-state index contributed by atoms with van der Waals surface area (Å²) in [5.74, 6) is 0.0220. The van der Waals surface area contributed by atoms with Crippen molar-refractivity contribution in [3.05, 3.63) is 51.9 Å². The summed E-state index contributed by atoms with van der Waals surface area (Å²) in [6.07, 6.45) is 1.48. The minimum absolute atomic E-state index is 0.120. The van der Waals surface area contributed by atoms with Crippen molar-refractivity contribution in [3.63, 3.8) is 0 Å². The highest BCUT2D eigenvalue weighted by molar-refractivity contribution is 6.32. The minimum atomic E-state index is -1.04. The predicted molar refractivity (Wildman–Crippen MR) is 84.7 cm³/mol. The van der Waals surface area contributed by atoms with Crippen LogP contribution in [0.3, 0.4) is 0 Å². The number of hydrogen-bond donors (Lipinski definition) is 1. The van der Waals surface area contributed by atoms with Crippen LogP contribution in [0.25, 0.3) is 0 Å². The summed E-state index contributed by atoms with van der Waals surface area (Å²) in [7, 11) is 3.13. The third-order valence-corrected chi connectivity index (χ3v) is 3.63. The molecule has 0 amide bonds. The third-order valence-electron chi connectivity index (χ3n) is 3.34. The Labute approximate surface area is 133 Å². The zero-order valence-electron chi connectivity index (χ0n) is 12.5. The van der Waals surface area contributed by atoms with Crippen molar-refractivity contribution in [2.75, 3.05) is 14.2 Å². The molecule has 1 atom stereocenters. The number of aromatic carboxylic acids is 1. The van der Waals surface area contributed by atoms with E-state index in [-0.39, 0.29) is 11.5 Å². The molecule has 1 unspecified atom stereocenters. The number of methoxy groups -OCH3 is 1. The summed E-state index contributed by atoms with van der Waals surface area (Å²) in [6.45, 7) is 1.86. The molecular weight excluding hydrogens is 306 g/mol. The number of carboxylic acids is 1. The monoisotopic (exact) mass is 321 g/mol. The number of nitrogens with zero attached hydrogens (tertiary/aromatic N) is 1. The fraction of sp³-hybridized carbons (Fsp3) is 0.250. The number of carboxylic acid groups (broad SMARTS) is 1. The van der Waals surface area contributed by atoms with Crippen LogP contribution in [0.2, 0.25) is 5.02 Å². The lowest BCUT2D eigenvalue weighted by Crippen LogP contribution is -2.03. The van der Waals surface area contributed by atoms with E-state index in [4.69, 9.17) is 20.8 Å². The number of hydrogen-bond acceptors (Lipinski definition) is 4. The van der Waals surface area contributed by atoms with Crippen molar-refractivity contribution in [2.45, 2.75) is 12.8 Å². The Morgan fingerprint density at radius 1 is 1.45 bits per heavy atom. The molecule has 2 rings (SSSR count). The fourth-order valence-electron chi connectivity index (χ4n) is 2.21. The highest BCUT2D eigenvalue weighted by Crippen LogP contribution is 2.33. The van der Waals surface area contributed by atoms with Crippen LogP contribution in [0.1, 0.15) is 40.3 Å². The molecule has 0 fully saturated rings. The smallest absolute Gasteiger partial charge is 0.339 e. The van der Waals surface area contributed by atoms with E-state index >= 15 is 0 Å². The standard InChI is InChI=1S/C16H16ClNO4/c1-9(10-4-5-14(21-3)13(17)6-10)15-12(16(19)20)7-11(22-15)8-18-2/h4-9H,1-3H3,(H,19,20). The van der Waals surface area contributed by atoms with E-state index in [2.05, 4.69) is 4.99 Å². The number of furan rings is 1. The molecule has 5 nitrogen and oxygen atoms in total. The number of carbonyl (C=O) groups is 1. The Bertz CT molecular complexity index is 721. The van der Waals surface area contributed by atoms with E-state index in [1.165, 1.54) is 19.4 Å². The zero-order valence-corrected chi connectivity index (χ0v) is 13.2. The van der Waals surface area contributed by atoms with Gasteiger partial charge >= 0.3 is 5.97 Å². The summed E-state index contributed by atoms with van der Waals surface area (Å²) in [4.78, 5) is 15.2.